The number of carbonyl (C=O) groups is 2. The van der Waals surface area contributed by atoms with Gasteiger partial charge in [0.25, 0.3) is 11.8 Å². The van der Waals surface area contributed by atoms with Gasteiger partial charge in [-0.25, -0.2) is 9.97 Å². The summed E-state index contributed by atoms with van der Waals surface area (Å²) in [5.41, 5.74) is 13.6. The second kappa shape index (κ2) is 8.49. The van der Waals surface area contributed by atoms with Gasteiger partial charge in [0.1, 0.15) is 0 Å². The van der Waals surface area contributed by atoms with Crippen LogP contribution >= 0.6 is 11.6 Å². The minimum absolute atomic E-state index is 0.00780. The summed E-state index contributed by atoms with van der Waals surface area (Å²) in [4.78, 5) is 31.9. The van der Waals surface area contributed by atoms with Crippen molar-refractivity contribution in [3.8, 4) is 0 Å². The Bertz CT molecular complexity index is 1020. The highest BCUT2D eigenvalue weighted by molar-refractivity contribution is 6.30. The van der Waals surface area contributed by atoms with Crippen LogP contribution in [0.5, 0.6) is 0 Å². The summed E-state index contributed by atoms with van der Waals surface area (Å²) >= 11 is 5.86. The average molecular weight is 396 g/mol. The first-order chi connectivity index (χ1) is 13.4. The fourth-order valence-electron chi connectivity index (χ4n) is 2.62. The van der Waals surface area contributed by atoms with Crippen molar-refractivity contribution in [2.75, 3.05) is 5.73 Å². The molecular weight excluding hydrogens is 378 g/mol. The molecule has 28 heavy (non-hydrogen) atoms. The Hall–Kier alpha value is -3.45. The normalized spacial score (nSPS) is 10.5. The molecule has 0 atom stereocenters. The lowest BCUT2D eigenvalue weighted by molar-refractivity contribution is 0.0949. The second-order valence-corrected chi connectivity index (χ2v) is 6.58. The molecule has 1 heterocycles. The first kappa shape index (κ1) is 19.3. The predicted molar refractivity (Wildman–Crippen MR) is 107 cm³/mol. The highest BCUT2D eigenvalue weighted by Crippen LogP contribution is 2.13. The van der Waals surface area contributed by atoms with Gasteiger partial charge in [-0.15, -0.1) is 0 Å². The lowest BCUT2D eigenvalue weighted by Gasteiger charge is -2.08. The molecule has 0 aliphatic heterocycles. The van der Waals surface area contributed by atoms with E-state index in [4.69, 9.17) is 23.1 Å². The molecule has 8 heteroatoms. The maximum Gasteiger partial charge on any atom is 0.271 e. The van der Waals surface area contributed by atoms with Gasteiger partial charge < -0.3 is 16.8 Å². The lowest BCUT2D eigenvalue weighted by Crippen LogP contribution is -2.22. The summed E-state index contributed by atoms with van der Waals surface area (Å²) in [7, 11) is 0. The summed E-state index contributed by atoms with van der Waals surface area (Å²) in [5.74, 6) is -0.938. The average Bonchev–Trinajstić information content (AvgIpc) is 2.69. The number of nitrogens with zero attached hydrogens (tertiary/aromatic N) is 2. The van der Waals surface area contributed by atoms with Crippen LogP contribution in [0.2, 0.25) is 5.02 Å². The number of halogens is 1. The van der Waals surface area contributed by atoms with Gasteiger partial charge in [-0.05, 0) is 35.4 Å². The number of carbonyl (C=O) groups excluding carboxylic acids is 2. The van der Waals surface area contributed by atoms with Crippen LogP contribution in [0.1, 0.15) is 37.7 Å². The number of nitrogens with one attached hydrogen (secondary N) is 1. The smallest absolute Gasteiger partial charge is 0.271 e. The highest BCUT2D eigenvalue weighted by atomic mass is 35.5. The Morgan fingerprint density at radius 1 is 1.07 bits per heavy atom. The van der Waals surface area contributed by atoms with Crippen molar-refractivity contribution >= 4 is 29.2 Å². The molecule has 142 valence electrons. The molecule has 5 N–H and O–H groups in total. The minimum atomic E-state index is -0.734. The molecule has 3 aromatic rings. The van der Waals surface area contributed by atoms with Crippen LogP contribution < -0.4 is 16.8 Å². The zero-order valence-corrected chi connectivity index (χ0v) is 15.6. The number of benzene rings is 2. The fourth-order valence-corrected chi connectivity index (χ4v) is 2.75. The van der Waals surface area contributed by atoms with Crippen molar-refractivity contribution in [2.45, 2.75) is 13.0 Å². The van der Waals surface area contributed by atoms with Crippen molar-refractivity contribution in [1.29, 1.82) is 0 Å². The molecule has 0 aliphatic rings. The standard InChI is InChI=1S/C20H18ClN5O2/c21-15-6-4-12(5-7-15)10-25-20(28)14-3-1-2-13(8-14)9-16-11-24-18(22)17(26-16)19(23)27/h1-8,11H,9-10H2,(H2,22,24)(H2,23,27)(H,25,28). The molecule has 3 rings (SSSR count). The van der Waals surface area contributed by atoms with Crippen LogP contribution in [0.15, 0.2) is 54.7 Å². The largest absolute Gasteiger partial charge is 0.382 e. The van der Waals surface area contributed by atoms with E-state index in [1.807, 2.05) is 18.2 Å². The first-order valence-electron chi connectivity index (χ1n) is 8.45. The van der Waals surface area contributed by atoms with E-state index in [0.29, 0.717) is 29.2 Å². The Labute approximate surface area is 166 Å². The summed E-state index contributed by atoms with van der Waals surface area (Å²) in [6, 6.07) is 14.4. The van der Waals surface area contributed by atoms with E-state index < -0.39 is 5.91 Å². The second-order valence-electron chi connectivity index (χ2n) is 6.15. The van der Waals surface area contributed by atoms with Gasteiger partial charge in [0.15, 0.2) is 11.5 Å². The monoisotopic (exact) mass is 395 g/mol. The third-order valence-corrected chi connectivity index (χ3v) is 4.28. The molecule has 0 radical (unpaired) electrons. The van der Waals surface area contributed by atoms with Crippen LogP contribution in [-0.4, -0.2) is 21.8 Å². The zero-order valence-electron chi connectivity index (χ0n) is 14.9. The number of amides is 2. The minimum Gasteiger partial charge on any atom is -0.382 e. The van der Waals surface area contributed by atoms with Crippen molar-refractivity contribution in [2.24, 2.45) is 5.73 Å². The molecular formula is C20H18ClN5O2. The van der Waals surface area contributed by atoms with Gasteiger partial charge in [-0.3, -0.25) is 9.59 Å². The Morgan fingerprint density at radius 2 is 1.82 bits per heavy atom. The van der Waals surface area contributed by atoms with Gasteiger partial charge in [0.2, 0.25) is 0 Å². The van der Waals surface area contributed by atoms with Gasteiger partial charge in [-0.2, -0.15) is 0 Å². The molecule has 7 nitrogen and oxygen atoms in total. The zero-order chi connectivity index (χ0) is 20.1. The van der Waals surface area contributed by atoms with E-state index in [1.54, 1.807) is 30.3 Å². The SMILES string of the molecule is NC(=O)c1nc(Cc2cccc(C(=O)NCc3ccc(Cl)cc3)c2)cnc1N. The third kappa shape index (κ3) is 4.83. The summed E-state index contributed by atoms with van der Waals surface area (Å²) < 4.78 is 0. The lowest BCUT2D eigenvalue weighted by atomic mass is 10.1. The fraction of sp³-hybridized carbons (Fsp3) is 0.100. The predicted octanol–water partition coefficient (Wildman–Crippen LogP) is 2.33. The number of nitrogen functional groups attached to an aromatic ring is 1. The maximum atomic E-state index is 12.4. The van der Waals surface area contributed by atoms with Crippen LogP contribution in [0.4, 0.5) is 5.82 Å². The van der Waals surface area contributed by atoms with Crippen molar-refractivity contribution in [1.82, 2.24) is 15.3 Å². The van der Waals surface area contributed by atoms with E-state index in [1.165, 1.54) is 6.20 Å². The quantitative estimate of drug-likeness (QED) is 0.590. The van der Waals surface area contributed by atoms with Crippen LogP contribution in [0.25, 0.3) is 0 Å². The Balaban J connectivity index is 1.69. The van der Waals surface area contributed by atoms with E-state index in [0.717, 1.165) is 11.1 Å². The number of rotatable bonds is 6. The number of nitrogens with two attached hydrogens (primary N) is 2. The van der Waals surface area contributed by atoms with Crippen molar-refractivity contribution in [3.05, 3.63) is 87.8 Å². The maximum absolute atomic E-state index is 12.4. The van der Waals surface area contributed by atoms with Crippen LogP contribution in [0.3, 0.4) is 0 Å². The topological polar surface area (TPSA) is 124 Å². The number of hydrogen-bond donors (Lipinski definition) is 3. The molecule has 0 unspecified atom stereocenters. The van der Waals surface area contributed by atoms with Gasteiger partial charge in [0.05, 0.1) is 11.9 Å². The molecule has 2 amide bonds. The summed E-state index contributed by atoms with van der Waals surface area (Å²) in [6.07, 6.45) is 1.86. The molecule has 1 aromatic heterocycles. The number of aromatic nitrogens is 2. The van der Waals surface area contributed by atoms with E-state index in [9.17, 15) is 9.59 Å². The molecule has 0 saturated carbocycles. The summed E-state index contributed by atoms with van der Waals surface area (Å²) in [5, 5.41) is 3.52. The van der Waals surface area contributed by atoms with Crippen LogP contribution in [-0.2, 0) is 13.0 Å². The molecule has 0 bridgehead atoms. The van der Waals surface area contributed by atoms with Gasteiger partial charge >= 0.3 is 0 Å². The third-order valence-electron chi connectivity index (χ3n) is 4.02. The van der Waals surface area contributed by atoms with Crippen molar-refractivity contribution < 1.29 is 9.59 Å². The molecule has 2 aromatic carbocycles. The Morgan fingerprint density at radius 3 is 2.54 bits per heavy atom. The molecule has 0 fully saturated rings. The van der Waals surface area contributed by atoms with E-state index in [2.05, 4.69) is 15.3 Å². The van der Waals surface area contributed by atoms with Gasteiger partial charge in [0, 0.05) is 23.6 Å². The van der Waals surface area contributed by atoms with E-state index in [-0.39, 0.29) is 17.4 Å². The van der Waals surface area contributed by atoms with Crippen molar-refractivity contribution in [3.63, 3.8) is 0 Å². The molecule has 0 spiro atoms. The molecule has 0 saturated heterocycles. The van der Waals surface area contributed by atoms with Gasteiger partial charge in [-0.1, -0.05) is 35.9 Å². The number of anilines is 1. The number of primary amides is 1. The Kier molecular flexibility index (Phi) is 5.86. The first-order valence-corrected chi connectivity index (χ1v) is 8.83. The summed E-state index contributed by atoms with van der Waals surface area (Å²) in [6.45, 7) is 0.394. The molecule has 0 aliphatic carbocycles. The van der Waals surface area contributed by atoms with Crippen LogP contribution in [0, 0.1) is 0 Å². The number of hydrogen-bond acceptors (Lipinski definition) is 5. The van der Waals surface area contributed by atoms with E-state index >= 15 is 0 Å². The highest BCUT2D eigenvalue weighted by Gasteiger charge is 2.12.